The van der Waals surface area contributed by atoms with Gasteiger partial charge in [0.1, 0.15) is 11.5 Å². The van der Waals surface area contributed by atoms with E-state index in [0.29, 0.717) is 24.8 Å². The van der Waals surface area contributed by atoms with Gasteiger partial charge in [-0.1, -0.05) is 23.8 Å². The van der Waals surface area contributed by atoms with E-state index in [-0.39, 0.29) is 5.75 Å². The van der Waals surface area contributed by atoms with Crippen LogP contribution in [0.5, 0.6) is 11.5 Å². The fraction of sp³-hybridized carbons (Fsp3) is 0.316. The molecule has 0 aliphatic carbocycles. The second-order valence-corrected chi connectivity index (χ2v) is 5.70. The van der Waals surface area contributed by atoms with E-state index in [2.05, 4.69) is 47.7 Å². The first-order valence-corrected chi connectivity index (χ1v) is 7.90. The Hall–Kier alpha value is -2.69. The highest BCUT2D eigenvalue weighted by Crippen LogP contribution is 2.22. The standard InChI is InChI=1S/C19H25N3O2/c1-13-5-6-15(14(2)9-13)11-21-19(20-3)22-12-16-10-17(24-4)7-8-18(16)23/h5-10,23H,11-12H2,1-4H3,(H2,20,21,22). The van der Waals surface area contributed by atoms with Gasteiger partial charge in [0.2, 0.25) is 0 Å². The van der Waals surface area contributed by atoms with Crippen molar-refractivity contribution >= 4 is 5.96 Å². The van der Waals surface area contributed by atoms with Crippen LogP contribution in [0.25, 0.3) is 0 Å². The number of aryl methyl sites for hydroxylation is 2. The van der Waals surface area contributed by atoms with E-state index < -0.39 is 0 Å². The molecule has 0 fully saturated rings. The van der Waals surface area contributed by atoms with Crippen LogP contribution in [0, 0.1) is 13.8 Å². The molecule has 5 heteroatoms. The van der Waals surface area contributed by atoms with Crippen LogP contribution >= 0.6 is 0 Å². The molecule has 0 spiro atoms. The van der Waals surface area contributed by atoms with Crippen molar-refractivity contribution in [1.29, 1.82) is 0 Å². The Morgan fingerprint density at radius 3 is 2.38 bits per heavy atom. The van der Waals surface area contributed by atoms with Crippen LogP contribution in [0.15, 0.2) is 41.4 Å². The highest BCUT2D eigenvalue weighted by atomic mass is 16.5. The molecule has 0 saturated carbocycles. The first-order chi connectivity index (χ1) is 11.5. The Morgan fingerprint density at radius 2 is 1.75 bits per heavy atom. The van der Waals surface area contributed by atoms with Crippen LogP contribution in [0.3, 0.4) is 0 Å². The average molecular weight is 327 g/mol. The van der Waals surface area contributed by atoms with Crippen molar-refractivity contribution in [3.63, 3.8) is 0 Å². The third-order valence-electron chi connectivity index (χ3n) is 3.90. The van der Waals surface area contributed by atoms with E-state index in [4.69, 9.17) is 4.74 Å². The fourth-order valence-electron chi connectivity index (χ4n) is 2.45. The summed E-state index contributed by atoms with van der Waals surface area (Å²) in [4.78, 5) is 4.22. The number of ether oxygens (including phenoxy) is 1. The first kappa shape index (κ1) is 17.7. The van der Waals surface area contributed by atoms with Crippen molar-refractivity contribution in [3.8, 4) is 11.5 Å². The molecular weight excluding hydrogens is 302 g/mol. The minimum Gasteiger partial charge on any atom is -0.508 e. The van der Waals surface area contributed by atoms with Crippen molar-refractivity contribution < 1.29 is 9.84 Å². The number of nitrogens with zero attached hydrogens (tertiary/aromatic N) is 1. The van der Waals surface area contributed by atoms with Gasteiger partial charge in [-0.25, -0.2) is 0 Å². The second kappa shape index (κ2) is 8.24. The average Bonchev–Trinajstić information content (AvgIpc) is 2.57. The minimum atomic E-state index is 0.230. The molecule has 0 amide bonds. The van der Waals surface area contributed by atoms with Crippen molar-refractivity contribution in [2.45, 2.75) is 26.9 Å². The normalized spacial score (nSPS) is 11.2. The molecule has 0 atom stereocenters. The Labute approximate surface area is 143 Å². The summed E-state index contributed by atoms with van der Waals surface area (Å²) in [5, 5.41) is 16.4. The minimum absolute atomic E-state index is 0.230. The number of methoxy groups -OCH3 is 1. The molecule has 24 heavy (non-hydrogen) atoms. The summed E-state index contributed by atoms with van der Waals surface area (Å²) < 4.78 is 5.19. The predicted octanol–water partition coefficient (Wildman–Crippen LogP) is 2.88. The first-order valence-electron chi connectivity index (χ1n) is 7.90. The molecule has 0 aromatic heterocycles. The summed E-state index contributed by atoms with van der Waals surface area (Å²) in [6, 6.07) is 11.6. The number of nitrogens with one attached hydrogen (secondary N) is 2. The van der Waals surface area contributed by atoms with Crippen LogP contribution < -0.4 is 15.4 Å². The lowest BCUT2D eigenvalue weighted by atomic mass is 10.1. The van der Waals surface area contributed by atoms with E-state index in [0.717, 1.165) is 5.56 Å². The molecule has 0 bridgehead atoms. The lowest BCUT2D eigenvalue weighted by Crippen LogP contribution is -2.36. The monoisotopic (exact) mass is 327 g/mol. The molecular formula is C19H25N3O2. The lowest BCUT2D eigenvalue weighted by molar-refractivity contribution is 0.410. The van der Waals surface area contributed by atoms with Crippen molar-refractivity contribution in [2.24, 2.45) is 4.99 Å². The van der Waals surface area contributed by atoms with Crippen LogP contribution in [-0.4, -0.2) is 25.2 Å². The Morgan fingerprint density at radius 1 is 1.04 bits per heavy atom. The highest BCUT2D eigenvalue weighted by molar-refractivity contribution is 5.79. The number of benzene rings is 2. The Balaban J connectivity index is 1.95. The summed E-state index contributed by atoms with van der Waals surface area (Å²) in [6.45, 7) is 5.34. The number of guanidine groups is 1. The van der Waals surface area contributed by atoms with E-state index in [1.54, 1.807) is 32.4 Å². The summed E-state index contributed by atoms with van der Waals surface area (Å²) >= 11 is 0. The van der Waals surface area contributed by atoms with Gasteiger partial charge in [0, 0.05) is 25.7 Å². The van der Waals surface area contributed by atoms with E-state index in [1.807, 2.05) is 0 Å². The fourth-order valence-corrected chi connectivity index (χ4v) is 2.45. The number of rotatable bonds is 5. The highest BCUT2D eigenvalue weighted by Gasteiger charge is 2.06. The third kappa shape index (κ3) is 4.65. The number of phenolic OH excluding ortho intramolecular Hbond substituents is 1. The molecule has 128 valence electrons. The maximum absolute atomic E-state index is 9.93. The predicted molar refractivity (Wildman–Crippen MR) is 97.6 cm³/mol. The van der Waals surface area contributed by atoms with Gasteiger partial charge in [-0.2, -0.15) is 0 Å². The SMILES string of the molecule is CN=C(NCc1ccc(C)cc1C)NCc1cc(OC)ccc1O. The molecule has 5 nitrogen and oxygen atoms in total. The van der Waals surface area contributed by atoms with Gasteiger partial charge in [-0.3, -0.25) is 4.99 Å². The molecule has 0 saturated heterocycles. The van der Waals surface area contributed by atoms with Crippen LogP contribution in [0.4, 0.5) is 0 Å². The van der Waals surface area contributed by atoms with E-state index in [1.165, 1.54) is 16.7 Å². The van der Waals surface area contributed by atoms with Crippen LogP contribution in [-0.2, 0) is 13.1 Å². The second-order valence-electron chi connectivity index (χ2n) is 5.70. The van der Waals surface area contributed by atoms with Gasteiger partial charge in [0.15, 0.2) is 5.96 Å². The summed E-state index contributed by atoms with van der Waals surface area (Å²) in [7, 11) is 3.33. The van der Waals surface area contributed by atoms with Crippen LogP contribution in [0.1, 0.15) is 22.3 Å². The molecule has 2 aromatic carbocycles. The molecule has 3 N–H and O–H groups in total. The number of hydrogen-bond donors (Lipinski definition) is 3. The quantitative estimate of drug-likeness (QED) is 0.583. The number of aromatic hydroxyl groups is 1. The van der Waals surface area contributed by atoms with Gasteiger partial charge in [-0.05, 0) is 43.2 Å². The van der Waals surface area contributed by atoms with E-state index in [9.17, 15) is 5.11 Å². The smallest absolute Gasteiger partial charge is 0.191 e. The molecule has 2 rings (SSSR count). The molecule has 0 radical (unpaired) electrons. The van der Waals surface area contributed by atoms with Crippen molar-refractivity contribution in [3.05, 3.63) is 58.7 Å². The zero-order valence-electron chi connectivity index (χ0n) is 14.7. The zero-order chi connectivity index (χ0) is 17.5. The van der Waals surface area contributed by atoms with Crippen molar-refractivity contribution in [2.75, 3.05) is 14.2 Å². The lowest BCUT2D eigenvalue weighted by Gasteiger charge is -2.14. The zero-order valence-corrected chi connectivity index (χ0v) is 14.7. The summed E-state index contributed by atoms with van der Waals surface area (Å²) in [6.07, 6.45) is 0. The van der Waals surface area contributed by atoms with Gasteiger partial charge in [0.25, 0.3) is 0 Å². The van der Waals surface area contributed by atoms with Gasteiger partial charge in [-0.15, -0.1) is 0 Å². The molecule has 0 aliphatic heterocycles. The maximum Gasteiger partial charge on any atom is 0.191 e. The molecule has 0 heterocycles. The summed E-state index contributed by atoms with van der Waals surface area (Å²) in [5.74, 6) is 1.62. The van der Waals surface area contributed by atoms with E-state index >= 15 is 0 Å². The third-order valence-corrected chi connectivity index (χ3v) is 3.90. The van der Waals surface area contributed by atoms with Crippen LogP contribution in [0.2, 0.25) is 0 Å². The van der Waals surface area contributed by atoms with Gasteiger partial charge < -0.3 is 20.5 Å². The number of phenols is 1. The van der Waals surface area contributed by atoms with Crippen molar-refractivity contribution in [1.82, 2.24) is 10.6 Å². The largest absolute Gasteiger partial charge is 0.508 e. The molecule has 0 unspecified atom stereocenters. The van der Waals surface area contributed by atoms with Gasteiger partial charge >= 0.3 is 0 Å². The topological polar surface area (TPSA) is 65.9 Å². The maximum atomic E-state index is 9.93. The molecule has 0 aliphatic rings. The Kier molecular flexibility index (Phi) is 6.07. The summed E-state index contributed by atoms with van der Waals surface area (Å²) in [5.41, 5.74) is 4.49. The molecule has 2 aromatic rings. The number of hydrogen-bond acceptors (Lipinski definition) is 3. The number of aliphatic imine (C=N–C) groups is 1. The Bertz CT molecular complexity index is 727. The van der Waals surface area contributed by atoms with Gasteiger partial charge in [0.05, 0.1) is 7.11 Å².